The Morgan fingerprint density at radius 1 is 1.26 bits per heavy atom. The molecule has 6 nitrogen and oxygen atoms in total. The molecule has 0 amide bonds. The normalized spacial score (nSPS) is 19.5. The molecule has 3 aromatic rings. The zero-order valence-corrected chi connectivity index (χ0v) is 12.2. The second kappa shape index (κ2) is 5.35. The number of halogens is 1. The van der Waals surface area contributed by atoms with Crippen molar-refractivity contribution in [3.8, 4) is 5.82 Å². The van der Waals surface area contributed by atoms with Crippen LogP contribution in [0.25, 0.3) is 5.82 Å². The summed E-state index contributed by atoms with van der Waals surface area (Å²) in [4.78, 5) is 8.38. The zero-order chi connectivity index (χ0) is 15.8. The molecule has 2 aromatic heterocycles. The standard InChI is InChI=1S/C16H15FN6/c17-11-4-1-3-10(7-11)12-8-13(12)22-15-14(18)16(20-9-19-15)23-6-2-5-21-23/h1-7,9,12-13H,8,18H2,(H,19,20,22)/t12-,13+/m0/s1. The SMILES string of the molecule is Nc1c(N[C@@H]2C[C@H]2c2cccc(F)c2)ncnc1-n1cccn1. The van der Waals surface area contributed by atoms with Crippen molar-refractivity contribution < 1.29 is 4.39 Å². The van der Waals surface area contributed by atoms with Crippen LogP contribution in [0.3, 0.4) is 0 Å². The van der Waals surface area contributed by atoms with Gasteiger partial charge in [0.1, 0.15) is 17.8 Å². The fourth-order valence-corrected chi connectivity index (χ4v) is 2.71. The van der Waals surface area contributed by atoms with Crippen molar-refractivity contribution in [1.29, 1.82) is 0 Å². The fraction of sp³-hybridized carbons (Fsp3) is 0.188. The van der Waals surface area contributed by atoms with Crippen LogP contribution >= 0.6 is 0 Å². The highest BCUT2D eigenvalue weighted by atomic mass is 19.1. The second-order valence-electron chi connectivity index (χ2n) is 5.56. The summed E-state index contributed by atoms with van der Waals surface area (Å²) in [5.41, 5.74) is 7.58. The van der Waals surface area contributed by atoms with Crippen molar-refractivity contribution in [1.82, 2.24) is 19.7 Å². The summed E-state index contributed by atoms with van der Waals surface area (Å²) in [6.07, 6.45) is 5.81. The maximum Gasteiger partial charge on any atom is 0.181 e. The van der Waals surface area contributed by atoms with Gasteiger partial charge in [0, 0.05) is 24.4 Å². The predicted molar refractivity (Wildman–Crippen MR) is 84.7 cm³/mol. The Hall–Kier alpha value is -2.96. The molecule has 0 saturated heterocycles. The molecule has 0 bridgehead atoms. The number of nitrogens with two attached hydrogens (primary N) is 1. The number of nitrogens with one attached hydrogen (secondary N) is 1. The van der Waals surface area contributed by atoms with E-state index in [1.165, 1.54) is 12.4 Å². The quantitative estimate of drug-likeness (QED) is 0.773. The van der Waals surface area contributed by atoms with Gasteiger partial charge in [-0.25, -0.2) is 19.0 Å². The summed E-state index contributed by atoms with van der Waals surface area (Å²) in [7, 11) is 0. The van der Waals surface area contributed by atoms with Gasteiger partial charge in [-0.3, -0.25) is 0 Å². The number of aromatic nitrogens is 4. The minimum Gasteiger partial charge on any atom is -0.393 e. The minimum absolute atomic E-state index is 0.194. The molecule has 116 valence electrons. The van der Waals surface area contributed by atoms with Gasteiger partial charge >= 0.3 is 0 Å². The van der Waals surface area contributed by atoms with Crippen molar-refractivity contribution in [2.24, 2.45) is 0 Å². The Morgan fingerprint density at radius 2 is 2.17 bits per heavy atom. The van der Waals surface area contributed by atoms with Crippen LogP contribution in [0.4, 0.5) is 15.9 Å². The predicted octanol–water partition coefficient (Wildman–Crippen LogP) is 2.35. The van der Waals surface area contributed by atoms with E-state index in [1.807, 2.05) is 6.07 Å². The lowest BCUT2D eigenvalue weighted by atomic mass is 10.1. The minimum atomic E-state index is -0.212. The molecule has 0 aliphatic heterocycles. The summed E-state index contributed by atoms with van der Waals surface area (Å²) in [6, 6.07) is 8.69. The maximum atomic E-state index is 13.3. The first-order valence-corrected chi connectivity index (χ1v) is 7.35. The van der Waals surface area contributed by atoms with E-state index in [4.69, 9.17) is 5.73 Å². The maximum absolute atomic E-state index is 13.3. The van der Waals surface area contributed by atoms with Crippen LogP contribution < -0.4 is 11.1 Å². The fourth-order valence-electron chi connectivity index (χ4n) is 2.71. The topological polar surface area (TPSA) is 81.6 Å². The molecule has 3 N–H and O–H groups in total. The molecule has 1 aliphatic rings. The summed E-state index contributed by atoms with van der Waals surface area (Å²) in [6.45, 7) is 0. The molecule has 0 radical (unpaired) electrons. The van der Waals surface area contributed by atoms with Crippen LogP contribution in [-0.2, 0) is 0 Å². The molecule has 23 heavy (non-hydrogen) atoms. The zero-order valence-electron chi connectivity index (χ0n) is 12.2. The van der Waals surface area contributed by atoms with Gasteiger partial charge in [-0.05, 0) is 30.2 Å². The second-order valence-corrected chi connectivity index (χ2v) is 5.56. The number of rotatable bonds is 4. The van der Waals surface area contributed by atoms with Crippen LogP contribution in [0.2, 0.25) is 0 Å². The van der Waals surface area contributed by atoms with Gasteiger partial charge in [0.2, 0.25) is 0 Å². The number of anilines is 2. The Balaban J connectivity index is 1.54. The van der Waals surface area contributed by atoms with Crippen molar-refractivity contribution in [3.63, 3.8) is 0 Å². The van der Waals surface area contributed by atoms with Crippen molar-refractivity contribution in [3.05, 3.63) is 60.4 Å². The van der Waals surface area contributed by atoms with Crippen LogP contribution in [-0.4, -0.2) is 25.8 Å². The first-order chi connectivity index (χ1) is 11.2. The molecule has 1 aromatic carbocycles. The monoisotopic (exact) mass is 310 g/mol. The van der Waals surface area contributed by atoms with Gasteiger partial charge in [0.15, 0.2) is 11.6 Å². The van der Waals surface area contributed by atoms with E-state index in [1.54, 1.807) is 35.3 Å². The van der Waals surface area contributed by atoms with Gasteiger partial charge in [-0.15, -0.1) is 0 Å². The van der Waals surface area contributed by atoms with Gasteiger partial charge < -0.3 is 11.1 Å². The van der Waals surface area contributed by atoms with E-state index in [9.17, 15) is 4.39 Å². The van der Waals surface area contributed by atoms with Crippen molar-refractivity contribution in [2.75, 3.05) is 11.1 Å². The molecular formula is C16H15FN6. The van der Waals surface area contributed by atoms with Crippen LogP contribution in [0.1, 0.15) is 17.9 Å². The first-order valence-electron chi connectivity index (χ1n) is 7.35. The van der Waals surface area contributed by atoms with Gasteiger partial charge in [-0.2, -0.15) is 5.10 Å². The smallest absolute Gasteiger partial charge is 0.181 e. The summed E-state index contributed by atoms with van der Waals surface area (Å²) in [5, 5.41) is 7.45. The molecular weight excluding hydrogens is 295 g/mol. The molecule has 2 heterocycles. The summed E-state index contributed by atoms with van der Waals surface area (Å²) >= 11 is 0. The van der Waals surface area contributed by atoms with E-state index >= 15 is 0 Å². The first kappa shape index (κ1) is 13.7. The number of nitrogens with zero attached hydrogens (tertiary/aromatic N) is 4. The summed E-state index contributed by atoms with van der Waals surface area (Å²) < 4.78 is 14.9. The molecule has 0 unspecified atom stereocenters. The molecule has 0 spiro atoms. The number of nitrogen functional groups attached to an aromatic ring is 1. The molecule has 1 aliphatic carbocycles. The van der Waals surface area contributed by atoms with E-state index in [0.29, 0.717) is 17.3 Å². The van der Waals surface area contributed by atoms with Crippen LogP contribution in [0.15, 0.2) is 49.1 Å². The van der Waals surface area contributed by atoms with E-state index < -0.39 is 0 Å². The van der Waals surface area contributed by atoms with Crippen LogP contribution in [0, 0.1) is 5.82 Å². The number of hydrogen-bond acceptors (Lipinski definition) is 5. The third kappa shape index (κ3) is 2.61. The van der Waals surface area contributed by atoms with Gasteiger partial charge in [-0.1, -0.05) is 12.1 Å². The average Bonchev–Trinajstić information content (AvgIpc) is 3.10. The lowest BCUT2D eigenvalue weighted by Crippen LogP contribution is -2.12. The number of hydrogen-bond donors (Lipinski definition) is 2. The van der Waals surface area contributed by atoms with Crippen molar-refractivity contribution in [2.45, 2.75) is 18.4 Å². The molecule has 1 saturated carbocycles. The molecule has 4 rings (SSSR count). The highest BCUT2D eigenvalue weighted by molar-refractivity contribution is 5.69. The Labute approximate surface area is 132 Å². The number of benzene rings is 1. The molecule has 2 atom stereocenters. The highest BCUT2D eigenvalue weighted by Crippen LogP contribution is 2.43. The van der Waals surface area contributed by atoms with Gasteiger partial charge in [0.25, 0.3) is 0 Å². The Morgan fingerprint density at radius 3 is 2.96 bits per heavy atom. The lowest BCUT2D eigenvalue weighted by molar-refractivity contribution is 0.625. The highest BCUT2D eigenvalue weighted by Gasteiger charge is 2.39. The van der Waals surface area contributed by atoms with Crippen LogP contribution in [0.5, 0.6) is 0 Å². The molecule has 1 fully saturated rings. The lowest BCUT2D eigenvalue weighted by Gasteiger charge is -2.11. The largest absolute Gasteiger partial charge is 0.393 e. The van der Waals surface area contributed by atoms with E-state index in [-0.39, 0.29) is 17.8 Å². The average molecular weight is 310 g/mol. The third-order valence-corrected chi connectivity index (χ3v) is 3.97. The Kier molecular flexibility index (Phi) is 3.18. The Bertz CT molecular complexity index is 832. The molecule has 7 heteroatoms. The summed E-state index contributed by atoms with van der Waals surface area (Å²) in [5.74, 6) is 1.17. The van der Waals surface area contributed by atoms with E-state index in [2.05, 4.69) is 20.4 Å². The van der Waals surface area contributed by atoms with Crippen molar-refractivity contribution >= 4 is 11.5 Å². The van der Waals surface area contributed by atoms with E-state index in [0.717, 1.165) is 12.0 Å². The third-order valence-electron chi connectivity index (χ3n) is 3.97. The van der Waals surface area contributed by atoms with Gasteiger partial charge in [0.05, 0.1) is 0 Å².